The molecule has 9 nitrogen and oxygen atoms in total. The highest BCUT2D eigenvalue weighted by Crippen LogP contribution is 2.31. The number of anilines is 1. The number of amides is 2. The second kappa shape index (κ2) is 9.05. The zero-order valence-electron chi connectivity index (χ0n) is 17.1. The summed E-state index contributed by atoms with van der Waals surface area (Å²) in [6, 6.07) is 27.2. The standard InChI is InChI=1S/C23H17N7O2S/c31-21(16-10-4-1-5-11-16)24-20-19(22(32)29(26-20)17-12-6-2-7-13-17)33-23-25-27-28-30(23)18-14-8-3-9-15-18/h1-15,19H,(H,24,26,31)/t19-/m0/s1. The molecule has 0 bridgehead atoms. The highest BCUT2D eigenvalue weighted by Gasteiger charge is 2.40. The van der Waals surface area contributed by atoms with Crippen LogP contribution in [0, 0.1) is 0 Å². The summed E-state index contributed by atoms with van der Waals surface area (Å²) in [5, 5.41) is 20.0. The van der Waals surface area contributed by atoms with Gasteiger partial charge in [-0.15, -0.1) is 10.2 Å². The fourth-order valence-electron chi connectivity index (χ4n) is 3.26. The van der Waals surface area contributed by atoms with Gasteiger partial charge in [0.05, 0.1) is 11.4 Å². The van der Waals surface area contributed by atoms with Gasteiger partial charge < -0.3 is 5.32 Å². The van der Waals surface area contributed by atoms with Crippen molar-refractivity contribution >= 4 is 35.1 Å². The van der Waals surface area contributed by atoms with Crippen molar-refractivity contribution in [1.82, 2.24) is 25.5 Å². The van der Waals surface area contributed by atoms with E-state index >= 15 is 0 Å². The van der Waals surface area contributed by atoms with E-state index in [1.54, 1.807) is 41.1 Å². The lowest BCUT2D eigenvalue weighted by Gasteiger charge is -2.14. The van der Waals surface area contributed by atoms with Crippen LogP contribution in [0.5, 0.6) is 0 Å². The molecule has 0 fully saturated rings. The van der Waals surface area contributed by atoms with Crippen molar-refractivity contribution in [1.29, 1.82) is 0 Å². The van der Waals surface area contributed by atoms with Gasteiger partial charge in [-0.05, 0) is 46.8 Å². The van der Waals surface area contributed by atoms with Gasteiger partial charge in [0, 0.05) is 5.56 Å². The number of nitrogens with one attached hydrogen (secondary N) is 1. The number of nitrogens with zero attached hydrogens (tertiary/aromatic N) is 6. The Morgan fingerprint density at radius 2 is 1.45 bits per heavy atom. The number of rotatable bonds is 5. The molecular formula is C23H17N7O2S. The van der Waals surface area contributed by atoms with E-state index in [2.05, 4.69) is 25.9 Å². The zero-order valence-corrected chi connectivity index (χ0v) is 18.0. The summed E-state index contributed by atoms with van der Waals surface area (Å²) >= 11 is 1.12. The number of benzene rings is 3. The molecule has 162 valence electrons. The van der Waals surface area contributed by atoms with E-state index in [4.69, 9.17) is 0 Å². The molecule has 0 saturated heterocycles. The van der Waals surface area contributed by atoms with E-state index in [9.17, 15) is 9.59 Å². The second-order valence-corrected chi connectivity index (χ2v) is 8.07. The molecule has 0 saturated carbocycles. The first-order valence-electron chi connectivity index (χ1n) is 10.0. The Bertz CT molecular complexity index is 1310. The zero-order chi connectivity index (χ0) is 22.6. The predicted octanol–water partition coefficient (Wildman–Crippen LogP) is 2.91. The molecular weight excluding hydrogens is 438 g/mol. The monoisotopic (exact) mass is 455 g/mol. The number of carbonyl (C=O) groups is 2. The SMILES string of the molecule is O=C(NC1=NN(c2ccccc2)C(=O)[C@H]1Sc1nnnn1-c1ccccc1)c1ccccc1. The van der Waals surface area contributed by atoms with Crippen LogP contribution in [0.2, 0.25) is 0 Å². The molecule has 33 heavy (non-hydrogen) atoms. The summed E-state index contributed by atoms with van der Waals surface area (Å²) in [5.41, 5.74) is 1.81. The summed E-state index contributed by atoms with van der Waals surface area (Å²) in [4.78, 5) is 26.2. The summed E-state index contributed by atoms with van der Waals surface area (Å²) in [5.74, 6) is -0.451. The molecule has 1 atom stereocenters. The molecule has 0 aliphatic carbocycles. The van der Waals surface area contributed by atoms with Crippen LogP contribution in [-0.2, 0) is 4.79 Å². The number of hydrazone groups is 1. The summed E-state index contributed by atoms with van der Waals surface area (Å²) < 4.78 is 1.54. The molecule has 1 aliphatic rings. The van der Waals surface area contributed by atoms with E-state index in [1.807, 2.05) is 54.6 Å². The van der Waals surface area contributed by atoms with Crippen molar-refractivity contribution in [3.63, 3.8) is 0 Å². The number of tetrazole rings is 1. The van der Waals surface area contributed by atoms with Crippen LogP contribution in [0.1, 0.15) is 10.4 Å². The van der Waals surface area contributed by atoms with E-state index in [1.165, 1.54) is 5.01 Å². The minimum atomic E-state index is -0.841. The lowest BCUT2D eigenvalue weighted by atomic mass is 10.2. The number of thioether (sulfide) groups is 1. The molecule has 0 radical (unpaired) electrons. The molecule has 5 rings (SSSR count). The third-order valence-electron chi connectivity index (χ3n) is 4.83. The molecule has 0 unspecified atom stereocenters. The van der Waals surface area contributed by atoms with Crippen molar-refractivity contribution < 1.29 is 9.59 Å². The predicted molar refractivity (Wildman–Crippen MR) is 124 cm³/mol. The van der Waals surface area contributed by atoms with Gasteiger partial charge in [-0.25, -0.2) is 0 Å². The largest absolute Gasteiger partial charge is 0.307 e. The first-order chi connectivity index (χ1) is 16.2. The van der Waals surface area contributed by atoms with Gasteiger partial charge in [-0.1, -0.05) is 66.4 Å². The summed E-state index contributed by atoms with van der Waals surface area (Å²) in [6.45, 7) is 0. The molecule has 0 spiro atoms. The number of amidine groups is 1. The van der Waals surface area contributed by atoms with Crippen molar-refractivity contribution in [2.45, 2.75) is 10.4 Å². The molecule has 3 aromatic carbocycles. The van der Waals surface area contributed by atoms with Crippen molar-refractivity contribution in [2.24, 2.45) is 5.10 Å². The molecule has 2 amide bonds. The first-order valence-corrected chi connectivity index (χ1v) is 10.9. The molecule has 1 aliphatic heterocycles. The van der Waals surface area contributed by atoms with Crippen molar-refractivity contribution in [3.05, 3.63) is 96.6 Å². The van der Waals surface area contributed by atoms with Crippen molar-refractivity contribution in [3.8, 4) is 5.69 Å². The molecule has 1 aromatic heterocycles. The highest BCUT2D eigenvalue weighted by atomic mass is 32.2. The van der Waals surface area contributed by atoms with Crippen LogP contribution in [-0.4, -0.2) is 43.1 Å². The Labute approximate surface area is 193 Å². The van der Waals surface area contributed by atoms with E-state index in [0.29, 0.717) is 16.4 Å². The first kappa shape index (κ1) is 20.6. The minimum Gasteiger partial charge on any atom is -0.307 e. The van der Waals surface area contributed by atoms with Crippen LogP contribution < -0.4 is 10.3 Å². The number of hydrogen-bond donors (Lipinski definition) is 1. The van der Waals surface area contributed by atoms with Crippen LogP contribution >= 0.6 is 11.8 Å². The van der Waals surface area contributed by atoms with Crippen LogP contribution in [0.3, 0.4) is 0 Å². The number of carbonyl (C=O) groups excluding carboxylic acids is 2. The molecule has 1 N–H and O–H groups in total. The Balaban J connectivity index is 1.47. The smallest absolute Gasteiger partial charge is 0.268 e. The fraction of sp³-hybridized carbons (Fsp3) is 0.0435. The Hall–Kier alpha value is -4.31. The quantitative estimate of drug-likeness (QED) is 0.496. The molecule has 10 heteroatoms. The van der Waals surface area contributed by atoms with Gasteiger partial charge in [-0.3, -0.25) is 9.59 Å². The third-order valence-corrected chi connectivity index (χ3v) is 5.96. The Morgan fingerprint density at radius 1 is 0.848 bits per heavy atom. The highest BCUT2D eigenvalue weighted by molar-refractivity contribution is 8.01. The van der Waals surface area contributed by atoms with Gasteiger partial charge in [0.2, 0.25) is 5.16 Å². The lowest BCUT2D eigenvalue weighted by Crippen LogP contribution is -2.39. The lowest BCUT2D eigenvalue weighted by molar-refractivity contribution is -0.116. The maximum Gasteiger partial charge on any atom is 0.268 e. The third kappa shape index (κ3) is 4.23. The van der Waals surface area contributed by atoms with Crippen molar-refractivity contribution in [2.75, 3.05) is 5.01 Å². The van der Waals surface area contributed by atoms with Gasteiger partial charge in [0.25, 0.3) is 11.8 Å². The Kier molecular flexibility index (Phi) is 5.64. The van der Waals surface area contributed by atoms with Gasteiger partial charge in [0.1, 0.15) is 0 Å². The molecule has 2 heterocycles. The fourth-order valence-corrected chi connectivity index (χ4v) is 4.21. The summed E-state index contributed by atoms with van der Waals surface area (Å²) in [7, 11) is 0. The van der Waals surface area contributed by atoms with E-state index in [-0.39, 0.29) is 17.6 Å². The van der Waals surface area contributed by atoms with E-state index in [0.717, 1.165) is 17.4 Å². The van der Waals surface area contributed by atoms with Gasteiger partial charge >= 0.3 is 0 Å². The van der Waals surface area contributed by atoms with Gasteiger partial charge in [-0.2, -0.15) is 9.69 Å². The number of hydrogen-bond acceptors (Lipinski definition) is 7. The maximum absolute atomic E-state index is 13.4. The Morgan fingerprint density at radius 3 is 2.12 bits per heavy atom. The maximum atomic E-state index is 13.4. The van der Waals surface area contributed by atoms with Crippen LogP contribution in [0.4, 0.5) is 5.69 Å². The molecule has 4 aromatic rings. The average molecular weight is 456 g/mol. The number of para-hydroxylation sites is 2. The normalized spacial score (nSPS) is 15.4. The van der Waals surface area contributed by atoms with Crippen LogP contribution in [0.15, 0.2) is 101 Å². The summed E-state index contributed by atoms with van der Waals surface area (Å²) in [6.07, 6.45) is 0. The van der Waals surface area contributed by atoms with Crippen LogP contribution in [0.25, 0.3) is 5.69 Å². The average Bonchev–Trinajstić information content (AvgIpc) is 3.46. The van der Waals surface area contributed by atoms with Gasteiger partial charge in [0.15, 0.2) is 11.1 Å². The number of aromatic nitrogens is 4. The van der Waals surface area contributed by atoms with E-state index < -0.39 is 5.25 Å². The minimum absolute atomic E-state index is 0.213. The second-order valence-electron chi connectivity index (χ2n) is 7.00. The topological polar surface area (TPSA) is 105 Å².